The number of carbonyl (C=O) groups excluding carboxylic acids is 1. The summed E-state index contributed by atoms with van der Waals surface area (Å²) in [5, 5.41) is 6.12. The number of hydrogen-bond acceptors (Lipinski definition) is 3. The molecule has 1 saturated heterocycles. The molecule has 0 aromatic heterocycles. The molecule has 0 bridgehead atoms. The predicted molar refractivity (Wildman–Crippen MR) is 107 cm³/mol. The Hall–Kier alpha value is -2.04. The summed E-state index contributed by atoms with van der Waals surface area (Å²) in [5.74, 6) is 1.21. The van der Waals surface area contributed by atoms with E-state index < -0.39 is 0 Å². The number of ether oxygens (including phenoxy) is 1. The fraction of sp³-hybridized carbons (Fsp3) is 0.381. The highest BCUT2D eigenvalue weighted by Crippen LogP contribution is 2.14. The summed E-state index contributed by atoms with van der Waals surface area (Å²) in [5.41, 5.74) is 2.53. The van der Waals surface area contributed by atoms with Gasteiger partial charge in [0.25, 0.3) is 0 Å². The first-order valence-corrected chi connectivity index (χ1v) is 9.05. The number of benzene rings is 2. The Balaban J connectivity index is 0.00000243. The van der Waals surface area contributed by atoms with Gasteiger partial charge in [-0.2, -0.15) is 0 Å². The first-order chi connectivity index (χ1) is 12.3. The molecule has 1 amide bonds. The number of halogens is 1. The molecule has 1 aliphatic heterocycles. The standard InChI is InChI=1S/C21H26N2O2.ClH/c24-21(19-15-22-16-19)23-12-11-18-8-4-10-20(14-18)25-13-5-9-17-6-2-1-3-7-17;/h1-4,6-8,10,14,19,22H,5,9,11-13,15-16H2,(H,23,24);1H. The SMILES string of the molecule is Cl.O=C(NCCc1cccc(OCCCc2ccccc2)c1)C1CNC1. The second-order valence-electron chi connectivity index (χ2n) is 6.48. The first kappa shape index (κ1) is 20.3. The summed E-state index contributed by atoms with van der Waals surface area (Å²) in [7, 11) is 0. The summed E-state index contributed by atoms with van der Waals surface area (Å²) in [6.07, 6.45) is 2.86. The van der Waals surface area contributed by atoms with Crippen molar-refractivity contribution >= 4 is 18.3 Å². The molecule has 0 spiro atoms. The molecule has 2 aromatic carbocycles. The van der Waals surface area contributed by atoms with Crippen LogP contribution < -0.4 is 15.4 Å². The van der Waals surface area contributed by atoms with Gasteiger partial charge in [-0.15, -0.1) is 12.4 Å². The molecule has 1 fully saturated rings. The Kier molecular flexibility index (Phi) is 8.45. The van der Waals surface area contributed by atoms with E-state index in [-0.39, 0.29) is 24.2 Å². The molecule has 2 aromatic rings. The van der Waals surface area contributed by atoms with E-state index in [2.05, 4.69) is 47.0 Å². The molecular weight excluding hydrogens is 348 g/mol. The molecule has 2 N–H and O–H groups in total. The van der Waals surface area contributed by atoms with Crippen LogP contribution in [0.5, 0.6) is 5.75 Å². The van der Waals surface area contributed by atoms with Gasteiger partial charge in [0.1, 0.15) is 5.75 Å². The van der Waals surface area contributed by atoms with Gasteiger partial charge in [-0.05, 0) is 42.5 Å². The third-order valence-electron chi connectivity index (χ3n) is 4.48. The van der Waals surface area contributed by atoms with Crippen molar-refractivity contribution in [2.75, 3.05) is 26.2 Å². The third kappa shape index (κ3) is 6.36. The molecule has 4 nitrogen and oxygen atoms in total. The van der Waals surface area contributed by atoms with Crippen LogP contribution in [0.1, 0.15) is 17.5 Å². The van der Waals surface area contributed by atoms with E-state index in [1.165, 1.54) is 11.1 Å². The number of carbonyl (C=O) groups is 1. The smallest absolute Gasteiger partial charge is 0.225 e. The second kappa shape index (κ2) is 10.8. The number of nitrogens with one attached hydrogen (secondary N) is 2. The minimum Gasteiger partial charge on any atom is -0.494 e. The van der Waals surface area contributed by atoms with Gasteiger partial charge < -0.3 is 15.4 Å². The molecule has 1 heterocycles. The fourth-order valence-corrected chi connectivity index (χ4v) is 2.85. The fourth-order valence-electron chi connectivity index (χ4n) is 2.85. The lowest BCUT2D eigenvalue weighted by Crippen LogP contribution is -2.51. The number of rotatable bonds is 9. The average Bonchev–Trinajstić information content (AvgIpc) is 2.59. The molecule has 0 radical (unpaired) electrons. The highest BCUT2D eigenvalue weighted by molar-refractivity contribution is 5.85. The molecule has 140 valence electrons. The van der Waals surface area contributed by atoms with E-state index in [1.807, 2.05) is 18.2 Å². The normalized spacial score (nSPS) is 13.4. The van der Waals surface area contributed by atoms with E-state index in [0.717, 1.165) is 38.1 Å². The van der Waals surface area contributed by atoms with Crippen LogP contribution in [-0.4, -0.2) is 32.1 Å². The van der Waals surface area contributed by atoms with Gasteiger partial charge in [0, 0.05) is 19.6 Å². The summed E-state index contributed by atoms with van der Waals surface area (Å²) in [6, 6.07) is 18.6. The van der Waals surface area contributed by atoms with Crippen LogP contribution >= 0.6 is 12.4 Å². The highest BCUT2D eigenvalue weighted by atomic mass is 35.5. The van der Waals surface area contributed by atoms with Crippen LogP contribution in [-0.2, 0) is 17.6 Å². The van der Waals surface area contributed by atoms with Gasteiger partial charge in [-0.3, -0.25) is 4.79 Å². The lowest BCUT2D eigenvalue weighted by atomic mass is 10.0. The van der Waals surface area contributed by atoms with Crippen LogP contribution in [0.4, 0.5) is 0 Å². The van der Waals surface area contributed by atoms with Gasteiger partial charge >= 0.3 is 0 Å². The molecule has 26 heavy (non-hydrogen) atoms. The van der Waals surface area contributed by atoms with Gasteiger partial charge in [-0.25, -0.2) is 0 Å². The molecule has 1 aliphatic rings. The van der Waals surface area contributed by atoms with E-state index in [4.69, 9.17) is 4.74 Å². The van der Waals surface area contributed by atoms with Gasteiger partial charge in [0.2, 0.25) is 5.91 Å². The summed E-state index contributed by atoms with van der Waals surface area (Å²) in [4.78, 5) is 11.8. The third-order valence-corrected chi connectivity index (χ3v) is 4.48. The maximum absolute atomic E-state index is 11.8. The van der Waals surface area contributed by atoms with Crippen molar-refractivity contribution in [3.63, 3.8) is 0 Å². The van der Waals surface area contributed by atoms with E-state index in [9.17, 15) is 4.79 Å². The van der Waals surface area contributed by atoms with Crippen LogP contribution in [0.3, 0.4) is 0 Å². The number of amides is 1. The van der Waals surface area contributed by atoms with Crippen molar-refractivity contribution < 1.29 is 9.53 Å². The Morgan fingerprint density at radius 3 is 2.54 bits per heavy atom. The second-order valence-corrected chi connectivity index (χ2v) is 6.48. The zero-order valence-corrected chi connectivity index (χ0v) is 15.8. The Labute approximate surface area is 161 Å². The Bertz CT molecular complexity index is 675. The van der Waals surface area contributed by atoms with Crippen molar-refractivity contribution in [2.24, 2.45) is 5.92 Å². The van der Waals surface area contributed by atoms with Crippen molar-refractivity contribution in [1.29, 1.82) is 0 Å². The van der Waals surface area contributed by atoms with Gasteiger partial charge in [-0.1, -0.05) is 42.5 Å². The Morgan fingerprint density at radius 2 is 1.81 bits per heavy atom. The number of aryl methyl sites for hydroxylation is 1. The summed E-state index contributed by atoms with van der Waals surface area (Å²) < 4.78 is 5.86. The lowest BCUT2D eigenvalue weighted by Gasteiger charge is -2.25. The monoisotopic (exact) mass is 374 g/mol. The average molecular weight is 375 g/mol. The van der Waals surface area contributed by atoms with Crippen molar-refractivity contribution in [1.82, 2.24) is 10.6 Å². The molecular formula is C21H27ClN2O2. The minimum atomic E-state index is 0. The maximum atomic E-state index is 11.8. The summed E-state index contributed by atoms with van der Waals surface area (Å²) >= 11 is 0. The molecule has 0 atom stereocenters. The van der Waals surface area contributed by atoms with Crippen LogP contribution in [0.15, 0.2) is 54.6 Å². The minimum absolute atomic E-state index is 0. The van der Waals surface area contributed by atoms with E-state index in [0.29, 0.717) is 13.2 Å². The van der Waals surface area contributed by atoms with E-state index in [1.54, 1.807) is 0 Å². The molecule has 5 heteroatoms. The zero-order valence-electron chi connectivity index (χ0n) is 14.9. The topological polar surface area (TPSA) is 50.4 Å². The number of hydrogen-bond donors (Lipinski definition) is 2. The highest BCUT2D eigenvalue weighted by Gasteiger charge is 2.24. The van der Waals surface area contributed by atoms with Gasteiger partial charge in [0.05, 0.1) is 12.5 Å². The van der Waals surface area contributed by atoms with Crippen molar-refractivity contribution in [3.8, 4) is 5.75 Å². The van der Waals surface area contributed by atoms with Crippen molar-refractivity contribution in [3.05, 3.63) is 65.7 Å². The predicted octanol–water partition coefficient (Wildman–Crippen LogP) is 3.00. The Morgan fingerprint density at radius 1 is 1.04 bits per heavy atom. The van der Waals surface area contributed by atoms with E-state index >= 15 is 0 Å². The maximum Gasteiger partial charge on any atom is 0.225 e. The molecule has 0 unspecified atom stereocenters. The van der Waals surface area contributed by atoms with Crippen molar-refractivity contribution in [2.45, 2.75) is 19.3 Å². The van der Waals surface area contributed by atoms with Crippen LogP contribution in [0, 0.1) is 5.92 Å². The zero-order chi connectivity index (χ0) is 17.3. The van der Waals surface area contributed by atoms with Crippen LogP contribution in [0.2, 0.25) is 0 Å². The largest absolute Gasteiger partial charge is 0.494 e. The lowest BCUT2D eigenvalue weighted by molar-refractivity contribution is -0.126. The first-order valence-electron chi connectivity index (χ1n) is 9.05. The van der Waals surface area contributed by atoms with Crippen LogP contribution in [0.25, 0.3) is 0 Å². The molecule has 0 saturated carbocycles. The molecule has 0 aliphatic carbocycles. The quantitative estimate of drug-likeness (QED) is 0.663. The summed E-state index contributed by atoms with van der Waals surface area (Å²) in [6.45, 7) is 2.99. The molecule has 3 rings (SSSR count). The van der Waals surface area contributed by atoms with Gasteiger partial charge in [0.15, 0.2) is 0 Å².